The molecule has 0 amide bonds. The predicted molar refractivity (Wildman–Crippen MR) is 475 cm³/mol. The molecule has 0 N–H and O–H groups in total. The molecule has 0 aliphatic heterocycles. The summed E-state index contributed by atoms with van der Waals surface area (Å²) in [7, 11) is 0. The molecule has 0 atom stereocenters. The highest BCUT2D eigenvalue weighted by Crippen LogP contribution is 2.38. The molecular weight excluding hydrogens is 1310 g/mol. The van der Waals surface area contributed by atoms with Crippen LogP contribution in [0.15, 0.2) is 334 Å². The molecule has 14 aromatic rings. The first kappa shape index (κ1) is 83.8. The van der Waals surface area contributed by atoms with Crippen molar-refractivity contribution in [3.05, 3.63) is 450 Å². The van der Waals surface area contributed by atoms with Gasteiger partial charge in [0.05, 0.1) is 0 Å². The van der Waals surface area contributed by atoms with Gasteiger partial charge in [-0.1, -0.05) is 424 Å². The highest BCUT2D eigenvalue weighted by Gasteiger charge is 2.29. The van der Waals surface area contributed by atoms with Crippen LogP contribution in [0.5, 0.6) is 11.5 Å². The number of aryl methyl sites for hydroxylation is 13. The van der Waals surface area contributed by atoms with Gasteiger partial charge in [0, 0.05) is 16.2 Å². The Hall–Kier alpha value is -10.9. The Balaban J connectivity index is 0.000000161. The van der Waals surface area contributed by atoms with Crippen molar-refractivity contribution in [2.45, 2.75) is 173 Å². The molecule has 14 aromatic carbocycles. The SMILES string of the molecule is CCC(C)(c1ccc(C)cc1)c1ccc(C)cc1.CCCC(C)(c1ccc(C)cc1)c1ccc(C)cc1.Cc1ccc(-c2ccc(C)cc2)cc1.Cc1ccc(C(C)(C)c2ccc(C)cc2)cc1.Cc1ccc(Cc2ccc(C)cc2)cc1.Cc1ccc(Oc2ccc(C)cc2)cc1.Cc1cccc2ccccc12. The summed E-state index contributed by atoms with van der Waals surface area (Å²) < 4.78 is 5.69. The first-order valence-corrected chi connectivity index (χ1v) is 39.2. The van der Waals surface area contributed by atoms with Gasteiger partial charge in [0.15, 0.2) is 0 Å². The molecule has 14 rings (SSSR count). The van der Waals surface area contributed by atoms with Gasteiger partial charge in [-0.3, -0.25) is 0 Å². The minimum absolute atomic E-state index is 0.0708. The molecule has 0 radical (unpaired) electrons. The smallest absolute Gasteiger partial charge is 0.127 e. The largest absolute Gasteiger partial charge is 0.457 e. The van der Waals surface area contributed by atoms with E-state index in [0.717, 1.165) is 24.3 Å². The van der Waals surface area contributed by atoms with Gasteiger partial charge in [-0.2, -0.15) is 0 Å². The molecule has 0 saturated heterocycles. The van der Waals surface area contributed by atoms with Crippen LogP contribution in [0.1, 0.15) is 178 Å². The Labute approximate surface area is 657 Å². The summed E-state index contributed by atoms with van der Waals surface area (Å²) in [5.41, 5.74) is 31.0. The van der Waals surface area contributed by atoms with Crippen molar-refractivity contribution in [1.82, 2.24) is 0 Å². The Bertz CT molecular complexity index is 4580. The summed E-state index contributed by atoms with van der Waals surface area (Å²) in [5.74, 6) is 1.76. The lowest BCUT2D eigenvalue weighted by molar-refractivity contribution is 0.482. The molecule has 0 aliphatic rings. The van der Waals surface area contributed by atoms with Crippen LogP contribution >= 0.6 is 0 Å². The van der Waals surface area contributed by atoms with Crippen molar-refractivity contribution in [3.8, 4) is 22.6 Å². The highest BCUT2D eigenvalue weighted by atomic mass is 16.5. The van der Waals surface area contributed by atoms with Gasteiger partial charge in [0.25, 0.3) is 0 Å². The molecule has 0 aliphatic carbocycles. The average Bonchev–Trinajstić information content (AvgIpc) is 0.783. The fourth-order valence-corrected chi connectivity index (χ4v) is 13.2. The molecular formula is C108H120O. The van der Waals surface area contributed by atoms with Crippen LogP contribution in [-0.2, 0) is 22.7 Å². The van der Waals surface area contributed by atoms with Gasteiger partial charge in [0.2, 0.25) is 0 Å². The summed E-state index contributed by atoms with van der Waals surface area (Å²) in [4.78, 5) is 0. The third kappa shape index (κ3) is 25.7. The fourth-order valence-electron chi connectivity index (χ4n) is 13.2. The third-order valence-corrected chi connectivity index (χ3v) is 21.1. The monoisotopic (exact) mass is 1430 g/mol. The Kier molecular flexibility index (Phi) is 31.4. The number of benzene rings is 14. The topological polar surface area (TPSA) is 9.23 Å². The molecule has 558 valence electrons. The Morgan fingerprint density at radius 3 is 0.771 bits per heavy atom. The first-order chi connectivity index (χ1) is 52.2. The molecule has 109 heavy (non-hydrogen) atoms. The molecule has 0 fully saturated rings. The quantitative estimate of drug-likeness (QED) is 0.105. The van der Waals surface area contributed by atoms with Gasteiger partial charge in [-0.15, -0.1) is 0 Å². The summed E-state index contributed by atoms with van der Waals surface area (Å²) >= 11 is 0. The lowest BCUT2D eigenvalue weighted by Gasteiger charge is -2.31. The molecule has 1 heteroatoms. The van der Waals surface area contributed by atoms with Crippen LogP contribution in [0.25, 0.3) is 21.9 Å². The zero-order chi connectivity index (χ0) is 78.5. The van der Waals surface area contributed by atoms with Crippen LogP contribution in [0.2, 0.25) is 0 Å². The van der Waals surface area contributed by atoms with Crippen molar-refractivity contribution in [1.29, 1.82) is 0 Å². The van der Waals surface area contributed by atoms with Crippen LogP contribution in [-0.4, -0.2) is 0 Å². The zero-order valence-corrected chi connectivity index (χ0v) is 69.0. The zero-order valence-electron chi connectivity index (χ0n) is 69.0. The van der Waals surface area contributed by atoms with Gasteiger partial charge < -0.3 is 4.74 Å². The molecule has 0 unspecified atom stereocenters. The van der Waals surface area contributed by atoms with E-state index in [0.29, 0.717) is 0 Å². The summed E-state index contributed by atoms with van der Waals surface area (Å²) in [6.07, 6.45) is 4.51. The van der Waals surface area contributed by atoms with Crippen molar-refractivity contribution in [3.63, 3.8) is 0 Å². The lowest BCUT2D eigenvalue weighted by atomic mass is 9.73. The van der Waals surface area contributed by atoms with Gasteiger partial charge in [0.1, 0.15) is 11.5 Å². The van der Waals surface area contributed by atoms with Crippen molar-refractivity contribution < 1.29 is 4.74 Å². The van der Waals surface area contributed by atoms with E-state index < -0.39 is 0 Å². The maximum atomic E-state index is 5.69. The minimum atomic E-state index is 0.0708. The first-order valence-electron chi connectivity index (χ1n) is 39.2. The van der Waals surface area contributed by atoms with Gasteiger partial charge in [-0.05, 0) is 206 Å². The lowest BCUT2D eigenvalue weighted by Crippen LogP contribution is -2.23. The van der Waals surface area contributed by atoms with E-state index in [-0.39, 0.29) is 16.2 Å². The molecule has 0 saturated carbocycles. The van der Waals surface area contributed by atoms with Crippen LogP contribution in [0.4, 0.5) is 0 Å². The number of fused-ring (bicyclic) bond motifs is 1. The van der Waals surface area contributed by atoms with Gasteiger partial charge >= 0.3 is 0 Å². The van der Waals surface area contributed by atoms with Crippen molar-refractivity contribution in [2.24, 2.45) is 0 Å². The number of rotatable bonds is 14. The van der Waals surface area contributed by atoms with E-state index in [1.54, 1.807) is 0 Å². The number of ether oxygens (including phenoxy) is 1. The van der Waals surface area contributed by atoms with Crippen LogP contribution < -0.4 is 4.74 Å². The molecule has 0 bridgehead atoms. The fraction of sp³-hybridized carbons (Fsp3) is 0.241. The summed E-state index contributed by atoms with van der Waals surface area (Å²) in [5, 5.41) is 2.68. The molecule has 0 heterocycles. The van der Waals surface area contributed by atoms with E-state index in [2.05, 4.69) is 417 Å². The van der Waals surface area contributed by atoms with Crippen molar-refractivity contribution in [2.75, 3.05) is 0 Å². The van der Waals surface area contributed by atoms with Crippen molar-refractivity contribution >= 4 is 10.8 Å². The van der Waals surface area contributed by atoms with E-state index in [9.17, 15) is 0 Å². The second-order valence-electron chi connectivity index (χ2n) is 31.0. The summed E-state index contributed by atoms with van der Waals surface area (Å²) in [6, 6.07) is 119. The Morgan fingerprint density at radius 1 is 0.239 bits per heavy atom. The standard InChI is InChI=1S/C19H24.C18H22.C17H20.C15H16.C14H14O.C14H14.C11H10/c1-5-14-19(4,17-10-6-15(2)7-11-17)18-12-8-16(3)9-13-18;1-5-18(4,16-10-6-14(2)7-11-16)17-12-8-15(3)9-13-17;1-13-5-9-15(10-6-13)17(3,4)16-11-7-14(2)8-12-16;1-12-3-7-14(8-4-12)11-15-9-5-13(2)6-10-15;1-11-3-7-13(8-4-11)15-14-9-5-12(2)6-10-14;1-11-3-7-13(8-4-11)14-9-5-12(2)6-10-14;1-9-5-4-7-10-6-2-3-8-11(9)10/h6-13H,5,14H2,1-4H3;6-13H,5H2,1-4H3;5-12H,1-4H3;3-10H,11H2,1-2H3;3-10H,1-2H3;3-10H,1-2H3;2-8H,1H3. The minimum Gasteiger partial charge on any atom is -0.457 e. The van der Waals surface area contributed by atoms with E-state index in [1.165, 1.54) is 152 Å². The predicted octanol–water partition coefficient (Wildman–Crippen LogP) is 30.2. The van der Waals surface area contributed by atoms with E-state index >= 15 is 0 Å². The Morgan fingerprint density at radius 2 is 0.486 bits per heavy atom. The summed E-state index contributed by atoms with van der Waals surface area (Å²) in [6.45, 7) is 41.3. The van der Waals surface area contributed by atoms with Gasteiger partial charge in [-0.25, -0.2) is 0 Å². The maximum absolute atomic E-state index is 5.69. The molecule has 0 aromatic heterocycles. The maximum Gasteiger partial charge on any atom is 0.127 e. The molecule has 0 spiro atoms. The number of hydrogen-bond donors (Lipinski definition) is 0. The van der Waals surface area contributed by atoms with Crippen LogP contribution in [0, 0.1) is 90.0 Å². The highest BCUT2D eigenvalue weighted by molar-refractivity contribution is 5.85. The normalized spacial score (nSPS) is 10.9. The third-order valence-electron chi connectivity index (χ3n) is 21.1. The number of hydrogen-bond acceptors (Lipinski definition) is 1. The molecule has 1 nitrogen and oxygen atoms in total. The second-order valence-corrected chi connectivity index (χ2v) is 31.0. The average molecular weight is 1430 g/mol. The van der Waals surface area contributed by atoms with E-state index in [1.807, 2.05) is 48.5 Å². The van der Waals surface area contributed by atoms with Crippen LogP contribution in [0.3, 0.4) is 0 Å². The van der Waals surface area contributed by atoms with E-state index in [4.69, 9.17) is 4.74 Å². The second kappa shape index (κ2) is 40.9.